The Hall–Kier alpha value is -2.82. The molecule has 2 aliphatic heterocycles. The fraction of sp³-hybridized carbons (Fsp3) is 0.522. The van der Waals surface area contributed by atoms with Gasteiger partial charge in [-0.3, -0.25) is 10.3 Å². The van der Waals surface area contributed by atoms with Crippen LogP contribution >= 0.6 is 0 Å². The SMILES string of the molecule is Fc1ccc2c(c1)CC/C2=N\Nc1cc(N2CCOCC2)nc(OCCN2CCOCC2)n1. The van der Waals surface area contributed by atoms with Gasteiger partial charge in [-0.05, 0) is 36.6 Å². The van der Waals surface area contributed by atoms with Crippen LogP contribution in [0.15, 0.2) is 29.4 Å². The van der Waals surface area contributed by atoms with E-state index in [2.05, 4.69) is 30.3 Å². The first-order valence-corrected chi connectivity index (χ1v) is 11.5. The maximum Gasteiger partial charge on any atom is 0.320 e. The van der Waals surface area contributed by atoms with E-state index in [1.807, 2.05) is 6.07 Å². The molecule has 5 rings (SSSR count). The van der Waals surface area contributed by atoms with Crippen LogP contribution in [0.3, 0.4) is 0 Å². The summed E-state index contributed by atoms with van der Waals surface area (Å²) >= 11 is 0. The molecule has 10 heteroatoms. The third kappa shape index (κ3) is 5.58. The second-order valence-corrected chi connectivity index (χ2v) is 8.27. The molecule has 1 aliphatic carbocycles. The van der Waals surface area contributed by atoms with Gasteiger partial charge < -0.3 is 19.1 Å². The van der Waals surface area contributed by atoms with Crippen molar-refractivity contribution < 1.29 is 18.6 Å². The number of hydrazone groups is 1. The molecule has 1 aromatic heterocycles. The first-order valence-electron chi connectivity index (χ1n) is 11.5. The van der Waals surface area contributed by atoms with Gasteiger partial charge in [-0.25, -0.2) is 4.39 Å². The van der Waals surface area contributed by atoms with E-state index < -0.39 is 0 Å². The van der Waals surface area contributed by atoms with Crippen LogP contribution in [0.1, 0.15) is 17.5 Å². The van der Waals surface area contributed by atoms with E-state index in [-0.39, 0.29) is 5.82 Å². The summed E-state index contributed by atoms with van der Waals surface area (Å²) in [4.78, 5) is 13.6. The maximum absolute atomic E-state index is 13.5. The van der Waals surface area contributed by atoms with Crippen molar-refractivity contribution >= 4 is 17.3 Å². The molecule has 0 unspecified atom stereocenters. The number of aromatic nitrogens is 2. The van der Waals surface area contributed by atoms with Crippen LogP contribution in [0.2, 0.25) is 0 Å². The fourth-order valence-corrected chi connectivity index (χ4v) is 4.26. The lowest BCUT2D eigenvalue weighted by molar-refractivity contribution is 0.0317. The molecule has 0 spiro atoms. The van der Waals surface area contributed by atoms with Crippen LogP contribution in [0.4, 0.5) is 16.0 Å². The van der Waals surface area contributed by atoms with Gasteiger partial charge in [-0.2, -0.15) is 15.1 Å². The molecule has 0 atom stereocenters. The highest BCUT2D eigenvalue weighted by molar-refractivity contribution is 6.04. The van der Waals surface area contributed by atoms with E-state index >= 15 is 0 Å². The number of nitrogens with zero attached hydrogens (tertiary/aromatic N) is 5. The normalized spacial score (nSPS) is 20.2. The first kappa shape index (κ1) is 22.0. The van der Waals surface area contributed by atoms with Crippen LogP contribution in [0, 0.1) is 5.82 Å². The summed E-state index contributed by atoms with van der Waals surface area (Å²) in [6.07, 6.45) is 1.54. The molecule has 1 aromatic carbocycles. The fourth-order valence-electron chi connectivity index (χ4n) is 4.26. The quantitative estimate of drug-likeness (QED) is 0.633. The first-order chi connectivity index (χ1) is 16.2. The summed E-state index contributed by atoms with van der Waals surface area (Å²) in [5, 5.41) is 4.58. The number of fused-ring (bicyclic) bond motifs is 1. The Morgan fingerprint density at radius 3 is 2.61 bits per heavy atom. The molecule has 2 fully saturated rings. The van der Waals surface area contributed by atoms with Gasteiger partial charge >= 0.3 is 6.01 Å². The van der Waals surface area contributed by atoms with Crippen LogP contribution in [0.5, 0.6) is 6.01 Å². The van der Waals surface area contributed by atoms with Crippen molar-refractivity contribution in [3.05, 3.63) is 41.2 Å². The van der Waals surface area contributed by atoms with Crippen LogP contribution in [-0.2, 0) is 15.9 Å². The molecule has 1 N–H and O–H groups in total. The van der Waals surface area contributed by atoms with E-state index in [0.29, 0.717) is 31.6 Å². The maximum atomic E-state index is 13.5. The smallest absolute Gasteiger partial charge is 0.320 e. The third-order valence-electron chi connectivity index (χ3n) is 6.08. The Morgan fingerprint density at radius 2 is 1.79 bits per heavy atom. The van der Waals surface area contributed by atoms with E-state index in [1.165, 1.54) is 6.07 Å². The lowest BCUT2D eigenvalue weighted by Crippen LogP contribution is -2.39. The molecule has 2 aromatic rings. The van der Waals surface area contributed by atoms with Crippen molar-refractivity contribution in [2.24, 2.45) is 5.10 Å². The highest BCUT2D eigenvalue weighted by atomic mass is 19.1. The summed E-state index contributed by atoms with van der Waals surface area (Å²) in [7, 11) is 0. The predicted molar refractivity (Wildman–Crippen MR) is 123 cm³/mol. The van der Waals surface area contributed by atoms with Crippen molar-refractivity contribution in [2.75, 3.05) is 76.1 Å². The second-order valence-electron chi connectivity index (χ2n) is 8.27. The van der Waals surface area contributed by atoms with E-state index in [4.69, 9.17) is 14.2 Å². The number of hydrogen-bond donors (Lipinski definition) is 1. The Balaban J connectivity index is 1.30. The van der Waals surface area contributed by atoms with Crippen molar-refractivity contribution in [3.8, 4) is 6.01 Å². The minimum absolute atomic E-state index is 0.215. The highest BCUT2D eigenvalue weighted by Gasteiger charge is 2.19. The van der Waals surface area contributed by atoms with Gasteiger partial charge in [-0.15, -0.1) is 0 Å². The zero-order chi connectivity index (χ0) is 22.5. The van der Waals surface area contributed by atoms with Crippen LogP contribution in [-0.4, -0.2) is 86.3 Å². The van der Waals surface area contributed by atoms with Gasteiger partial charge in [0.25, 0.3) is 0 Å². The largest absolute Gasteiger partial charge is 0.462 e. The van der Waals surface area contributed by atoms with Gasteiger partial charge in [0, 0.05) is 44.4 Å². The average molecular weight is 457 g/mol. The van der Waals surface area contributed by atoms with Crippen molar-refractivity contribution in [1.29, 1.82) is 0 Å². The lowest BCUT2D eigenvalue weighted by Gasteiger charge is -2.28. The molecule has 176 valence electrons. The van der Waals surface area contributed by atoms with Gasteiger partial charge in [0.1, 0.15) is 18.2 Å². The Morgan fingerprint density at radius 1 is 1.00 bits per heavy atom. The molecule has 0 bridgehead atoms. The minimum atomic E-state index is -0.215. The number of ether oxygens (including phenoxy) is 3. The summed E-state index contributed by atoms with van der Waals surface area (Å²) in [5.41, 5.74) is 5.94. The number of nitrogens with one attached hydrogen (secondary N) is 1. The van der Waals surface area contributed by atoms with Crippen molar-refractivity contribution in [1.82, 2.24) is 14.9 Å². The van der Waals surface area contributed by atoms with E-state index in [0.717, 1.165) is 81.4 Å². The third-order valence-corrected chi connectivity index (χ3v) is 6.08. The highest BCUT2D eigenvalue weighted by Crippen LogP contribution is 2.25. The number of hydrogen-bond acceptors (Lipinski definition) is 9. The number of halogens is 1. The molecule has 3 heterocycles. The lowest BCUT2D eigenvalue weighted by atomic mass is 10.1. The summed E-state index contributed by atoms with van der Waals surface area (Å²) < 4.78 is 30.3. The molecule has 0 saturated carbocycles. The number of benzene rings is 1. The van der Waals surface area contributed by atoms with E-state index in [9.17, 15) is 4.39 Å². The van der Waals surface area contributed by atoms with Gasteiger partial charge in [-0.1, -0.05) is 0 Å². The molecule has 33 heavy (non-hydrogen) atoms. The summed E-state index contributed by atoms with van der Waals surface area (Å²) in [6, 6.07) is 7.05. The number of rotatable bonds is 7. The minimum Gasteiger partial charge on any atom is -0.462 e. The molecule has 2 saturated heterocycles. The molecular formula is C23H29FN6O3. The second kappa shape index (κ2) is 10.4. The van der Waals surface area contributed by atoms with Crippen LogP contribution in [0.25, 0.3) is 0 Å². The molecular weight excluding hydrogens is 427 g/mol. The Kier molecular flexibility index (Phi) is 6.94. The Labute approximate surface area is 192 Å². The van der Waals surface area contributed by atoms with Crippen molar-refractivity contribution in [3.63, 3.8) is 0 Å². The van der Waals surface area contributed by atoms with Crippen LogP contribution < -0.4 is 15.1 Å². The number of morpholine rings is 2. The number of aryl methyl sites for hydroxylation is 1. The average Bonchev–Trinajstić information content (AvgIpc) is 3.26. The molecule has 3 aliphatic rings. The standard InChI is InChI=1S/C23H29FN6O3/c24-18-2-3-19-17(15-18)1-4-20(19)27-28-21-16-22(30-8-12-32-13-9-30)26-23(25-21)33-14-7-29-5-10-31-11-6-29/h2-3,15-16H,1,4-14H2,(H,25,26,28)/b27-20+. The molecule has 9 nitrogen and oxygen atoms in total. The zero-order valence-electron chi connectivity index (χ0n) is 18.6. The monoisotopic (exact) mass is 456 g/mol. The topological polar surface area (TPSA) is 84.3 Å². The van der Waals surface area contributed by atoms with Gasteiger partial charge in [0.05, 0.1) is 32.1 Å². The zero-order valence-corrected chi connectivity index (χ0v) is 18.6. The van der Waals surface area contributed by atoms with E-state index in [1.54, 1.807) is 12.1 Å². The Bertz CT molecular complexity index is 992. The predicted octanol–water partition coefficient (Wildman–Crippen LogP) is 1.93. The summed E-state index contributed by atoms with van der Waals surface area (Å²) in [6.45, 7) is 7.48. The van der Waals surface area contributed by atoms with Crippen molar-refractivity contribution in [2.45, 2.75) is 12.8 Å². The molecule has 0 amide bonds. The summed E-state index contributed by atoms with van der Waals surface area (Å²) in [5.74, 6) is 1.13. The molecule has 0 radical (unpaired) electrons. The van der Waals surface area contributed by atoms with Gasteiger partial charge in [0.2, 0.25) is 0 Å². The number of anilines is 2. The van der Waals surface area contributed by atoms with Gasteiger partial charge in [0.15, 0.2) is 5.82 Å².